The van der Waals surface area contributed by atoms with E-state index in [9.17, 15) is 4.79 Å². The van der Waals surface area contributed by atoms with Crippen LogP contribution in [0.1, 0.15) is 12.0 Å². The van der Waals surface area contributed by atoms with Gasteiger partial charge in [0.2, 0.25) is 5.91 Å². The highest BCUT2D eigenvalue weighted by atomic mass is 16.2. The molecule has 5 heteroatoms. The number of carbonyl (C=O) groups excluding carboxylic acids is 1. The van der Waals surface area contributed by atoms with Gasteiger partial charge in [-0.25, -0.2) is 4.98 Å². The predicted octanol–water partition coefficient (Wildman–Crippen LogP) is 3.08. The average molecular weight is 348 g/mol. The van der Waals surface area contributed by atoms with Crippen LogP contribution in [0.5, 0.6) is 0 Å². The lowest BCUT2D eigenvalue weighted by Gasteiger charge is -2.25. The number of aromatic nitrogens is 2. The number of imidazole rings is 1. The van der Waals surface area contributed by atoms with Gasteiger partial charge < -0.3 is 14.4 Å². The molecule has 0 unspecified atom stereocenters. The van der Waals surface area contributed by atoms with Gasteiger partial charge in [0.25, 0.3) is 0 Å². The number of anilines is 1. The van der Waals surface area contributed by atoms with E-state index < -0.39 is 0 Å². The number of para-hydroxylation sites is 3. The molecule has 0 radical (unpaired) electrons. The molecule has 1 aliphatic heterocycles. The second kappa shape index (κ2) is 7.20. The predicted molar refractivity (Wildman–Crippen MR) is 104 cm³/mol. The third-order valence-electron chi connectivity index (χ3n) is 5.14. The number of fused-ring (bicyclic) bond motifs is 1. The van der Waals surface area contributed by atoms with Crippen LogP contribution in [0.2, 0.25) is 0 Å². The van der Waals surface area contributed by atoms with Gasteiger partial charge in [-0.2, -0.15) is 0 Å². The van der Waals surface area contributed by atoms with E-state index in [0.717, 1.165) is 43.6 Å². The van der Waals surface area contributed by atoms with E-state index in [1.54, 1.807) is 6.33 Å². The first-order valence-corrected chi connectivity index (χ1v) is 9.20. The zero-order valence-electron chi connectivity index (χ0n) is 15.1. The average Bonchev–Trinajstić information content (AvgIpc) is 2.90. The van der Waals surface area contributed by atoms with E-state index >= 15 is 0 Å². The number of nitrogens with zero attached hydrogens (tertiary/aromatic N) is 4. The first kappa shape index (κ1) is 16.6. The van der Waals surface area contributed by atoms with Crippen LogP contribution in [-0.4, -0.2) is 46.5 Å². The molecule has 5 nitrogen and oxygen atoms in total. The van der Waals surface area contributed by atoms with E-state index in [0.29, 0.717) is 6.54 Å². The molecule has 0 bridgehead atoms. The molecule has 1 fully saturated rings. The van der Waals surface area contributed by atoms with Gasteiger partial charge in [-0.05, 0) is 37.1 Å². The highest BCUT2D eigenvalue weighted by Crippen LogP contribution is 2.21. The van der Waals surface area contributed by atoms with Crippen LogP contribution in [0, 0.1) is 6.92 Å². The van der Waals surface area contributed by atoms with Gasteiger partial charge in [0, 0.05) is 31.9 Å². The molecule has 0 N–H and O–H groups in total. The minimum atomic E-state index is 0.166. The molecule has 0 atom stereocenters. The van der Waals surface area contributed by atoms with Gasteiger partial charge >= 0.3 is 0 Å². The Hall–Kier alpha value is -2.82. The normalized spacial score (nSPS) is 15.3. The fourth-order valence-electron chi connectivity index (χ4n) is 3.71. The molecule has 1 amide bonds. The molecule has 1 saturated heterocycles. The maximum atomic E-state index is 12.8. The summed E-state index contributed by atoms with van der Waals surface area (Å²) in [6.45, 7) is 5.94. The molecular weight excluding hydrogens is 324 g/mol. The number of amides is 1. The van der Waals surface area contributed by atoms with Crippen molar-refractivity contribution in [1.29, 1.82) is 0 Å². The summed E-state index contributed by atoms with van der Waals surface area (Å²) in [5.41, 5.74) is 4.51. The molecule has 1 aliphatic rings. The van der Waals surface area contributed by atoms with Crippen molar-refractivity contribution in [2.24, 2.45) is 0 Å². The Morgan fingerprint density at radius 3 is 2.69 bits per heavy atom. The first-order valence-electron chi connectivity index (χ1n) is 9.20. The van der Waals surface area contributed by atoms with E-state index in [2.05, 4.69) is 41.1 Å². The Bertz CT molecular complexity index is 917. The van der Waals surface area contributed by atoms with Crippen molar-refractivity contribution in [3.8, 4) is 0 Å². The molecule has 2 aromatic carbocycles. The summed E-state index contributed by atoms with van der Waals surface area (Å²) < 4.78 is 1.95. The molecule has 0 saturated carbocycles. The van der Waals surface area contributed by atoms with Crippen LogP contribution in [0.15, 0.2) is 54.9 Å². The maximum absolute atomic E-state index is 12.8. The van der Waals surface area contributed by atoms with Crippen LogP contribution >= 0.6 is 0 Å². The zero-order valence-corrected chi connectivity index (χ0v) is 15.1. The summed E-state index contributed by atoms with van der Waals surface area (Å²) in [7, 11) is 0. The van der Waals surface area contributed by atoms with Crippen LogP contribution in [0.4, 0.5) is 5.69 Å². The van der Waals surface area contributed by atoms with Crippen LogP contribution in [0.3, 0.4) is 0 Å². The SMILES string of the molecule is Cc1ccccc1N1CCCN(C(=O)Cn2cnc3ccccc32)CC1. The van der Waals surface area contributed by atoms with Gasteiger partial charge in [0.1, 0.15) is 6.54 Å². The number of hydrogen-bond acceptors (Lipinski definition) is 3. The van der Waals surface area contributed by atoms with Crippen molar-refractivity contribution in [3.05, 3.63) is 60.4 Å². The van der Waals surface area contributed by atoms with Crippen molar-refractivity contribution < 1.29 is 4.79 Å². The summed E-state index contributed by atoms with van der Waals surface area (Å²) >= 11 is 0. The smallest absolute Gasteiger partial charge is 0.242 e. The van der Waals surface area contributed by atoms with Gasteiger partial charge in [0.05, 0.1) is 17.4 Å². The Labute approximate surface area is 153 Å². The quantitative estimate of drug-likeness (QED) is 0.730. The van der Waals surface area contributed by atoms with Gasteiger partial charge in [-0.1, -0.05) is 30.3 Å². The molecule has 4 rings (SSSR count). The van der Waals surface area contributed by atoms with Crippen LogP contribution in [-0.2, 0) is 11.3 Å². The van der Waals surface area contributed by atoms with Crippen molar-refractivity contribution in [1.82, 2.24) is 14.5 Å². The summed E-state index contributed by atoms with van der Waals surface area (Å²) in [6, 6.07) is 16.4. The molecular formula is C21H24N4O. The molecule has 2 heterocycles. The lowest BCUT2D eigenvalue weighted by Crippen LogP contribution is -2.37. The number of benzene rings is 2. The van der Waals surface area contributed by atoms with Crippen LogP contribution < -0.4 is 4.90 Å². The fourth-order valence-corrected chi connectivity index (χ4v) is 3.71. The Morgan fingerprint density at radius 1 is 1.00 bits per heavy atom. The largest absolute Gasteiger partial charge is 0.369 e. The lowest BCUT2D eigenvalue weighted by atomic mass is 10.2. The molecule has 26 heavy (non-hydrogen) atoms. The van der Waals surface area contributed by atoms with Crippen molar-refractivity contribution in [2.45, 2.75) is 19.9 Å². The number of carbonyl (C=O) groups is 1. The highest BCUT2D eigenvalue weighted by molar-refractivity contribution is 5.80. The fraction of sp³-hybridized carbons (Fsp3) is 0.333. The summed E-state index contributed by atoms with van der Waals surface area (Å²) in [6.07, 6.45) is 2.75. The van der Waals surface area contributed by atoms with Crippen LogP contribution in [0.25, 0.3) is 11.0 Å². The van der Waals surface area contributed by atoms with E-state index in [-0.39, 0.29) is 5.91 Å². The minimum absolute atomic E-state index is 0.166. The monoisotopic (exact) mass is 348 g/mol. The zero-order chi connectivity index (χ0) is 17.9. The molecule has 3 aromatic rings. The molecule has 134 valence electrons. The summed E-state index contributed by atoms with van der Waals surface area (Å²) in [5, 5.41) is 0. The van der Waals surface area contributed by atoms with Crippen molar-refractivity contribution in [3.63, 3.8) is 0 Å². The third kappa shape index (κ3) is 3.29. The second-order valence-corrected chi connectivity index (χ2v) is 6.87. The Balaban J connectivity index is 1.44. The minimum Gasteiger partial charge on any atom is -0.369 e. The van der Waals surface area contributed by atoms with E-state index in [4.69, 9.17) is 0 Å². The topological polar surface area (TPSA) is 41.4 Å². The van der Waals surface area contributed by atoms with Gasteiger partial charge in [0.15, 0.2) is 0 Å². The number of rotatable bonds is 3. The van der Waals surface area contributed by atoms with Gasteiger partial charge in [-0.3, -0.25) is 4.79 Å². The molecule has 1 aromatic heterocycles. The van der Waals surface area contributed by atoms with Crippen molar-refractivity contribution in [2.75, 3.05) is 31.1 Å². The first-order chi connectivity index (χ1) is 12.7. The standard InChI is InChI=1S/C21H24N4O/c1-17-7-2-4-9-19(17)23-11-6-12-24(14-13-23)21(26)15-25-16-22-18-8-3-5-10-20(18)25/h2-5,7-10,16H,6,11-15H2,1H3. The molecule has 0 spiro atoms. The van der Waals surface area contributed by atoms with E-state index in [1.807, 2.05) is 33.7 Å². The number of aryl methyl sites for hydroxylation is 1. The third-order valence-corrected chi connectivity index (χ3v) is 5.14. The Kier molecular flexibility index (Phi) is 4.61. The van der Waals surface area contributed by atoms with Crippen molar-refractivity contribution >= 4 is 22.6 Å². The number of hydrogen-bond donors (Lipinski definition) is 0. The maximum Gasteiger partial charge on any atom is 0.242 e. The highest BCUT2D eigenvalue weighted by Gasteiger charge is 2.20. The van der Waals surface area contributed by atoms with E-state index in [1.165, 1.54) is 11.3 Å². The summed E-state index contributed by atoms with van der Waals surface area (Å²) in [4.78, 5) is 21.6. The van der Waals surface area contributed by atoms with Gasteiger partial charge in [-0.15, -0.1) is 0 Å². The Morgan fingerprint density at radius 2 is 1.81 bits per heavy atom. The lowest BCUT2D eigenvalue weighted by molar-refractivity contribution is -0.131. The molecule has 0 aliphatic carbocycles. The summed E-state index contributed by atoms with van der Waals surface area (Å²) in [5.74, 6) is 0.166. The second-order valence-electron chi connectivity index (χ2n) is 6.87.